The average molecular weight is 392 g/mol. The smallest absolute Gasteiger partial charge is 0.451 e. The van der Waals surface area contributed by atoms with Gasteiger partial charge in [-0.25, -0.2) is 4.79 Å². The molecule has 3 rings (SSSR count). The molecule has 1 saturated carbocycles. The molecule has 8 nitrogen and oxygen atoms in total. The zero-order valence-corrected chi connectivity index (χ0v) is 16.0. The van der Waals surface area contributed by atoms with Crippen LogP contribution < -0.4 is 10.5 Å². The third-order valence-electron chi connectivity index (χ3n) is 5.71. The van der Waals surface area contributed by atoms with E-state index >= 15 is 0 Å². The summed E-state index contributed by atoms with van der Waals surface area (Å²) >= 11 is 0. The van der Waals surface area contributed by atoms with E-state index in [-0.39, 0.29) is 41.4 Å². The largest absolute Gasteiger partial charge is 0.507 e. The summed E-state index contributed by atoms with van der Waals surface area (Å²) in [5.74, 6) is -1.54. The Bertz CT molecular complexity index is 702. The minimum Gasteiger partial charge on any atom is -0.507 e. The van der Waals surface area contributed by atoms with Gasteiger partial charge in [0.25, 0.3) is 0 Å². The number of carboxylic acids is 1. The SMILES string of the molecule is NC1(CN2CC(Oc3ccc(CCB(O)O)c(O)c3C(=O)O)C2)CCCCC1. The molecule has 154 valence electrons. The van der Waals surface area contributed by atoms with Crippen molar-refractivity contribution in [2.24, 2.45) is 5.73 Å². The summed E-state index contributed by atoms with van der Waals surface area (Å²) in [4.78, 5) is 13.9. The topological polar surface area (TPSA) is 136 Å². The van der Waals surface area contributed by atoms with Gasteiger partial charge in [-0.2, -0.15) is 0 Å². The zero-order valence-electron chi connectivity index (χ0n) is 16.0. The highest BCUT2D eigenvalue weighted by molar-refractivity contribution is 6.41. The van der Waals surface area contributed by atoms with Crippen LogP contribution in [0.25, 0.3) is 0 Å². The van der Waals surface area contributed by atoms with Gasteiger partial charge in [-0.1, -0.05) is 25.3 Å². The number of aromatic hydroxyl groups is 1. The normalized spacial score (nSPS) is 19.8. The van der Waals surface area contributed by atoms with Crippen LogP contribution in [0.1, 0.15) is 48.0 Å². The van der Waals surface area contributed by atoms with E-state index in [2.05, 4.69) is 4.90 Å². The van der Waals surface area contributed by atoms with E-state index in [1.54, 1.807) is 6.07 Å². The van der Waals surface area contributed by atoms with E-state index in [1.807, 2.05) is 0 Å². The molecule has 1 heterocycles. The van der Waals surface area contributed by atoms with Crippen LogP contribution in [-0.4, -0.2) is 69.5 Å². The van der Waals surface area contributed by atoms with Crippen molar-refractivity contribution in [1.82, 2.24) is 4.90 Å². The molecule has 0 radical (unpaired) electrons. The number of nitrogens with zero attached hydrogens (tertiary/aromatic N) is 1. The van der Waals surface area contributed by atoms with Gasteiger partial charge in [0.15, 0.2) is 0 Å². The third kappa shape index (κ3) is 4.97. The number of aromatic carboxylic acids is 1. The number of likely N-dealkylation sites (tertiary alicyclic amines) is 1. The second-order valence-corrected chi connectivity index (χ2v) is 8.13. The molecule has 2 fully saturated rings. The predicted octanol–water partition coefficient (Wildman–Crippen LogP) is 0.830. The van der Waals surface area contributed by atoms with Crippen LogP contribution in [0, 0.1) is 0 Å². The highest BCUT2D eigenvalue weighted by Crippen LogP contribution is 2.34. The Morgan fingerprint density at radius 2 is 1.93 bits per heavy atom. The summed E-state index contributed by atoms with van der Waals surface area (Å²) < 4.78 is 5.83. The van der Waals surface area contributed by atoms with Crippen molar-refractivity contribution in [2.45, 2.75) is 56.5 Å². The number of hydrogen-bond donors (Lipinski definition) is 5. The molecule has 2 aliphatic rings. The molecule has 1 aliphatic heterocycles. The Balaban J connectivity index is 1.60. The van der Waals surface area contributed by atoms with Crippen LogP contribution >= 0.6 is 0 Å². The second kappa shape index (κ2) is 8.69. The van der Waals surface area contributed by atoms with Crippen LogP contribution in [0.15, 0.2) is 12.1 Å². The number of nitrogens with two attached hydrogens (primary N) is 1. The van der Waals surface area contributed by atoms with Gasteiger partial charge in [0.2, 0.25) is 0 Å². The molecule has 9 heteroatoms. The van der Waals surface area contributed by atoms with Crippen LogP contribution in [-0.2, 0) is 6.42 Å². The maximum Gasteiger partial charge on any atom is 0.451 e. The monoisotopic (exact) mass is 392 g/mol. The van der Waals surface area contributed by atoms with Crippen molar-refractivity contribution in [3.05, 3.63) is 23.3 Å². The summed E-state index contributed by atoms with van der Waals surface area (Å²) in [6.07, 6.45) is 5.68. The van der Waals surface area contributed by atoms with Crippen molar-refractivity contribution in [3.8, 4) is 11.5 Å². The zero-order chi connectivity index (χ0) is 20.3. The highest BCUT2D eigenvalue weighted by Gasteiger charge is 2.36. The Hall–Kier alpha value is -1.81. The first kappa shape index (κ1) is 20.9. The lowest BCUT2D eigenvalue weighted by molar-refractivity contribution is 0.000775. The number of rotatable bonds is 8. The van der Waals surface area contributed by atoms with E-state index in [1.165, 1.54) is 25.3 Å². The number of aryl methyl sites for hydroxylation is 1. The van der Waals surface area contributed by atoms with Gasteiger partial charge in [-0.05, 0) is 37.2 Å². The molecule has 1 aliphatic carbocycles. The Morgan fingerprint density at radius 3 is 2.54 bits per heavy atom. The van der Waals surface area contributed by atoms with E-state index in [9.17, 15) is 15.0 Å². The quantitative estimate of drug-likeness (QED) is 0.411. The number of hydrogen-bond acceptors (Lipinski definition) is 7. The minimum absolute atomic E-state index is 0.00520. The lowest BCUT2D eigenvalue weighted by Gasteiger charge is -2.45. The number of phenols is 1. The number of carbonyl (C=O) groups is 1. The Labute approximate surface area is 165 Å². The fraction of sp³-hybridized carbons (Fsp3) is 0.632. The van der Waals surface area contributed by atoms with Gasteiger partial charge < -0.3 is 30.7 Å². The fourth-order valence-corrected chi connectivity index (χ4v) is 4.17. The van der Waals surface area contributed by atoms with Gasteiger partial charge in [0, 0.05) is 25.2 Å². The van der Waals surface area contributed by atoms with Gasteiger partial charge in [0.05, 0.1) is 0 Å². The highest BCUT2D eigenvalue weighted by atomic mass is 16.5. The minimum atomic E-state index is -1.51. The fourth-order valence-electron chi connectivity index (χ4n) is 4.17. The molecule has 1 aromatic rings. The molecular weight excluding hydrogens is 363 g/mol. The van der Waals surface area contributed by atoms with E-state index in [4.69, 9.17) is 20.5 Å². The molecule has 1 saturated heterocycles. The maximum absolute atomic E-state index is 11.6. The molecule has 0 bridgehead atoms. The van der Waals surface area contributed by atoms with Crippen LogP contribution in [0.2, 0.25) is 6.32 Å². The van der Waals surface area contributed by atoms with Crippen LogP contribution in [0.3, 0.4) is 0 Å². The molecule has 0 unspecified atom stereocenters. The molecular formula is C19H29BN2O6. The van der Waals surface area contributed by atoms with Crippen LogP contribution in [0.4, 0.5) is 0 Å². The molecule has 0 spiro atoms. The standard InChI is InChI=1S/C19H29BN2O6/c21-19(7-2-1-3-8-19)12-22-10-14(11-22)28-15-5-4-13(6-9-20(26)27)17(23)16(15)18(24)25/h4-5,14,23,26-27H,1-3,6-12,21H2,(H,24,25). The lowest BCUT2D eigenvalue weighted by Crippen LogP contribution is -2.61. The summed E-state index contributed by atoms with van der Waals surface area (Å²) in [6.45, 7) is 2.18. The lowest BCUT2D eigenvalue weighted by atomic mass is 9.81. The van der Waals surface area contributed by atoms with Crippen LogP contribution in [0.5, 0.6) is 11.5 Å². The van der Waals surface area contributed by atoms with Gasteiger partial charge in [-0.3, -0.25) is 4.90 Å². The first-order chi connectivity index (χ1) is 13.3. The third-order valence-corrected chi connectivity index (χ3v) is 5.71. The average Bonchev–Trinajstić information content (AvgIpc) is 2.59. The molecule has 1 aromatic carbocycles. The van der Waals surface area contributed by atoms with Gasteiger partial charge >= 0.3 is 13.1 Å². The molecule has 0 atom stereocenters. The second-order valence-electron chi connectivity index (χ2n) is 8.13. The molecule has 28 heavy (non-hydrogen) atoms. The molecule has 6 N–H and O–H groups in total. The first-order valence-corrected chi connectivity index (χ1v) is 9.89. The Morgan fingerprint density at radius 1 is 1.25 bits per heavy atom. The predicted molar refractivity (Wildman–Crippen MR) is 105 cm³/mol. The summed E-state index contributed by atoms with van der Waals surface area (Å²) in [5, 5.41) is 37.7. The number of benzene rings is 1. The van der Waals surface area contributed by atoms with Crippen molar-refractivity contribution < 1.29 is 29.8 Å². The van der Waals surface area contributed by atoms with Crippen molar-refractivity contribution >= 4 is 13.1 Å². The Kier molecular flexibility index (Phi) is 6.49. The molecule has 0 amide bonds. The van der Waals surface area contributed by atoms with Crippen molar-refractivity contribution in [3.63, 3.8) is 0 Å². The summed E-state index contributed by atoms with van der Waals surface area (Å²) in [6, 6.07) is 3.09. The van der Waals surface area contributed by atoms with E-state index < -0.39 is 13.1 Å². The molecule has 0 aromatic heterocycles. The summed E-state index contributed by atoms with van der Waals surface area (Å²) in [7, 11) is -1.51. The van der Waals surface area contributed by atoms with Crippen molar-refractivity contribution in [2.75, 3.05) is 19.6 Å². The van der Waals surface area contributed by atoms with E-state index in [0.717, 1.165) is 19.4 Å². The number of ether oxygens (including phenoxy) is 1. The van der Waals surface area contributed by atoms with Crippen molar-refractivity contribution in [1.29, 1.82) is 0 Å². The van der Waals surface area contributed by atoms with E-state index in [0.29, 0.717) is 18.7 Å². The summed E-state index contributed by atoms with van der Waals surface area (Å²) in [5.41, 5.74) is 6.41. The van der Waals surface area contributed by atoms with Gasteiger partial charge in [-0.15, -0.1) is 0 Å². The van der Waals surface area contributed by atoms with Gasteiger partial charge in [0.1, 0.15) is 23.2 Å². The first-order valence-electron chi connectivity index (χ1n) is 9.89. The number of carboxylic acid groups (broad SMARTS) is 1. The maximum atomic E-state index is 11.6.